The van der Waals surface area contributed by atoms with Crippen molar-refractivity contribution in [1.29, 1.82) is 0 Å². The van der Waals surface area contributed by atoms with Crippen LogP contribution in [0.1, 0.15) is 40.2 Å². The fraction of sp³-hybridized carbons (Fsp3) is 0.409. The van der Waals surface area contributed by atoms with Gasteiger partial charge in [-0.1, -0.05) is 23.8 Å². The Labute approximate surface area is 160 Å². The lowest BCUT2D eigenvalue weighted by atomic mass is 9.99. The minimum Gasteiger partial charge on any atom is -0.348 e. The summed E-state index contributed by atoms with van der Waals surface area (Å²) in [5.74, 6) is 0.0952. The van der Waals surface area contributed by atoms with E-state index in [4.69, 9.17) is 10.1 Å². The minimum absolute atomic E-state index is 0.0952. The van der Waals surface area contributed by atoms with Crippen LogP contribution in [-0.2, 0) is 24.1 Å². The van der Waals surface area contributed by atoms with E-state index < -0.39 is 0 Å². The van der Waals surface area contributed by atoms with Crippen LogP contribution in [0.5, 0.6) is 0 Å². The summed E-state index contributed by atoms with van der Waals surface area (Å²) in [7, 11) is 3.60. The number of carbonyl (C=O) groups is 1. The molecule has 27 heavy (non-hydrogen) atoms. The molecule has 4 rings (SSSR count). The maximum Gasteiger partial charge on any atom is 0.228 e. The Kier molecular flexibility index (Phi) is 4.25. The number of hydrogen-bond donors (Lipinski definition) is 0. The van der Waals surface area contributed by atoms with Gasteiger partial charge in [0, 0.05) is 25.4 Å². The third-order valence-corrected chi connectivity index (χ3v) is 5.54. The molecule has 0 bridgehead atoms. The van der Waals surface area contributed by atoms with Crippen molar-refractivity contribution in [3.63, 3.8) is 0 Å². The van der Waals surface area contributed by atoms with Gasteiger partial charge < -0.3 is 4.90 Å². The molecule has 0 spiro atoms. The Morgan fingerprint density at radius 1 is 1.19 bits per heavy atom. The fourth-order valence-corrected chi connectivity index (χ4v) is 4.12. The van der Waals surface area contributed by atoms with Crippen molar-refractivity contribution in [3.05, 3.63) is 52.0 Å². The lowest BCUT2D eigenvalue weighted by Gasteiger charge is -2.14. The fourth-order valence-electron chi connectivity index (χ4n) is 4.12. The molecule has 2 aromatic heterocycles. The van der Waals surface area contributed by atoms with Crippen molar-refractivity contribution < 1.29 is 4.79 Å². The van der Waals surface area contributed by atoms with Gasteiger partial charge in [-0.05, 0) is 56.7 Å². The van der Waals surface area contributed by atoms with Crippen molar-refractivity contribution in [2.75, 3.05) is 14.1 Å². The van der Waals surface area contributed by atoms with Gasteiger partial charge in [0.1, 0.15) is 0 Å². The Bertz CT molecular complexity index is 1060. The molecule has 140 valence electrons. The summed E-state index contributed by atoms with van der Waals surface area (Å²) in [6.07, 6.45) is 3.41. The molecule has 0 atom stereocenters. The van der Waals surface area contributed by atoms with Crippen LogP contribution in [0, 0.1) is 20.8 Å². The maximum absolute atomic E-state index is 12.5. The van der Waals surface area contributed by atoms with Crippen LogP contribution in [0.15, 0.2) is 18.2 Å². The molecule has 3 aromatic rings. The molecule has 1 aliphatic rings. The normalized spacial score (nSPS) is 13.2. The molecule has 5 nitrogen and oxygen atoms in total. The molecule has 0 fully saturated rings. The molecular weight excluding hydrogens is 336 g/mol. The molecule has 1 aliphatic carbocycles. The van der Waals surface area contributed by atoms with Crippen LogP contribution in [-0.4, -0.2) is 39.5 Å². The van der Waals surface area contributed by atoms with E-state index in [0.717, 1.165) is 47.6 Å². The smallest absolute Gasteiger partial charge is 0.228 e. The van der Waals surface area contributed by atoms with Crippen LogP contribution in [0.2, 0.25) is 0 Å². The van der Waals surface area contributed by atoms with E-state index in [9.17, 15) is 4.79 Å². The third kappa shape index (κ3) is 2.91. The van der Waals surface area contributed by atoms with Gasteiger partial charge in [-0.3, -0.25) is 4.79 Å². The second kappa shape index (κ2) is 6.48. The lowest BCUT2D eigenvalue weighted by Crippen LogP contribution is -2.25. The van der Waals surface area contributed by atoms with Crippen molar-refractivity contribution in [1.82, 2.24) is 19.5 Å². The second-order valence-electron chi connectivity index (χ2n) is 7.82. The summed E-state index contributed by atoms with van der Waals surface area (Å²) in [6.45, 7) is 6.27. The summed E-state index contributed by atoms with van der Waals surface area (Å²) in [5, 5.41) is 4.83. The zero-order valence-corrected chi connectivity index (χ0v) is 16.8. The van der Waals surface area contributed by atoms with Gasteiger partial charge in [0.15, 0.2) is 5.65 Å². The molecular formula is C22H26N4O. The second-order valence-corrected chi connectivity index (χ2v) is 7.82. The van der Waals surface area contributed by atoms with E-state index in [2.05, 4.69) is 32.0 Å². The highest BCUT2D eigenvalue weighted by molar-refractivity contribution is 5.83. The summed E-state index contributed by atoms with van der Waals surface area (Å²) < 4.78 is 1.93. The van der Waals surface area contributed by atoms with Crippen molar-refractivity contribution >= 4 is 11.6 Å². The van der Waals surface area contributed by atoms with Crippen LogP contribution < -0.4 is 0 Å². The molecule has 0 saturated carbocycles. The summed E-state index contributed by atoms with van der Waals surface area (Å²) >= 11 is 0. The standard InChI is InChI=1S/C22H26N4O/c1-13-9-10-16(14(2)11-13)21-15(3)24-26-19(12-20(27)25(4)5)17-7-6-8-18(17)23-22(21)26/h9-11H,6-8,12H2,1-5H3. The van der Waals surface area contributed by atoms with Gasteiger partial charge in [-0.25, -0.2) is 9.50 Å². The Morgan fingerprint density at radius 2 is 1.96 bits per heavy atom. The topological polar surface area (TPSA) is 50.5 Å². The highest BCUT2D eigenvalue weighted by Gasteiger charge is 2.25. The van der Waals surface area contributed by atoms with Crippen molar-refractivity contribution in [3.8, 4) is 11.1 Å². The first kappa shape index (κ1) is 17.7. The number of aromatic nitrogens is 3. The molecule has 0 aliphatic heterocycles. The molecule has 1 aromatic carbocycles. The Hall–Kier alpha value is -2.69. The Morgan fingerprint density at radius 3 is 2.67 bits per heavy atom. The molecule has 0 N–H and O–H groups in total. The van der Waals surface area contributed by atoms with Crippen LogP contribution in [0.25, 0.3) is 16.8 Å². The summed E-state index contributed by atoms with van der Waals surface area (Å²) in [4.78, 5) is 19.1. The van der Waals surface area contributed by atoms with E-state index in [1.54, 1.807) is 19.0 Å². The molecule has 0 unspecified atom stereocenters. The average Bonchev–Trinajstić information content (AvgIpc) is 3.19. The first-order valence-corrected chi connectivity index (χ1v) is 9.54. The van der Waals surface area contributed by atoms with Gasteiger partial charge >= 0.3 is 0 Å². The number of rotatable bonds is 3. The van der Waals surface area contributed by atoms with Gasteiger partial charge in [-0.15, -0.1) is 0 Å². The summed E-state index contributed by atoms with van der Waals surface area (Å²) in [6, 6.07) is 6.49. The molecule has 0 radical (unpaired) electrons. The predicted octanol–water partition coefficient (Wildman–Crippen LogP) is 3.44. The molecule has 2 heterocycles. The third-order valence-electron chi connectivity index (χ3n) is 5.54. The minimum atomic E-state index is 0.0952. The molecule has 5 heteroatoms. The number of nitrogens with zero attached hydrogens (tertiary/aromatic N) is 4. The lowest BCUT2D eigenvalue weighted by molar-refractivity contribution is -0.128. The zero-order valence-electron chi connectivity index (χ0n) is 16.8. The van der Waals surface area contributed by atoms with Gasteiger partial charge in [0.25, 0.3) is 0 Å². The van der Waals surface area contributed by atoms with E-state index in [-0.39, 0.29) is 5.91 Å². The number of amides is 1. The maximum atomic E-state index is 12.5. The van der Waals surface area contributed by atoms with E-state index >= 15 is 0 Å². The number of aryl methyl sites for hydroxylation is 4. The first-order chi connectivity index (χ1) is 12.9. The monoisotopic (exact) mass is 362 g/mol. The number of likely N-dealkylation sites (N-methyl/N-ethyl adjacent to an activating group) is 1. The van der Waals surface area contributed by atoms with Crippen LogP contribution in [0.3, 0.4) is 0 Å². The SMILES string of the molecule is Cc1ccc(-c2c(C)nn3c(CC(=O)N(C)C)c4c(nc23)CCC4)c(C)c1. The van der Waals surface area contributed by atoms with Gasteiger partial charge in [0.2, 0.25) is 5.91 Å². The largest absolute Gasteiger partial charge is 0.348 e. The van der Waals surface area contributed by atoms with Crippen LogP contribution in [0.4, 0.5) is 0 Å². The molecule has 1 amide bonds. The van der Waals surface area contributed by atoms with E-state index in [0.29, 0.717) is 6.42 Å². The van der Waals surface area contributed by atoms with E-state index in [1.165, 1.54) is 22.3 Å². The predicted molar refractivity (Wildman–Crippen MR) is 107 cm³/mol. The summed E-state index contributed by atoms with van der Waals surface area (Å²) in [5.41, 5.74) is 9.91. The van der Waals surface area contributed by atoms with E-state index in [1.807, 2.05) is 11.4 Å². The molecule has 0 saturated heterocycles. The number of benzene rings is 1. The highest BCUT2D eigenvalue weighted by atomic mass is 16.2. The highest BCUT2D eigenvalue weighted by Crippen LogP contribution is 2.34. The van der Waals surface area contributed by atoms with Gasteiger partial charge in [-0.2, -0.15) is 5.10 Å². The Balaban J connectivity index is 1.98. The average molecular weight is 362 g/mol. The first-order valence-electron chi connectivity index (χ1n) is 9.54. The van der Waals surface area contributed by atoms with Crippen molar-refractivity contribution in [2.24, 2.45) is 0 Å². The van der Waals surface area contributed by atoms with Crippen molar-refractivity contribution in [2.45, 2.75) is 46.5 Å². The van der Waals surface area contributed by atoms with Gasteiger partial charge in [0.05, 0.1) is 17.8 Å². The zero-order chi connectivity index (χ0) is 19.3. The van der Waals surface area contributed by atoms with Crippen LogP contribution >= 0.6 is 0 Å². The number of carbonyl (C=O) groups excluding carboxylic acids is 1. The number of hydrogen-bond acceptors (Lipinski definition) is 3. The number of fused-ring (bicyclic) bond motifs is 2. The quantitative estimate of drug-likeness (QED) is 0.717.